The van der Waals surface area contributed by atoms with Crippen LogP contribution in [0, 0.1) is 53.3 Å². The number of Topliss-reactive ketones (excluding diaryl/α,β-unsaturated/α-hetero) is 2. The minimum atomic E-state index is -1.89. The molecule has 11 unspecified atom stereocenters. The first-order valence-corrected chi connectivity index (χ1v) is 29.9. The zero-order chi connectivity index (χ0) is 57.3. The third kappa shape index (κ3) is 14.1. The van der Waals surface area contributed by atoms with Crippen molar-refractivity contribution in [3.63, 3.8) is 0 Å². The van der Waals surface area contributed by atoms with Gasteiger partial charge < -0.3 is 56.3 Å². The number of fused-ring (bicyclic) bond motifs is 9. The number of phenolic OH excluding ortho intramolecular Hbond substituents is 2. The van der Waals surface area contributed by atoms with E-state index in [4.69, 9.17) is 4.74 Å². The summed E-state index contributed by atoms with van der Waals surface area (Å²) in [5.41, 5.74) is 8.02. The van der Waals surface area contributed by atoms with Gasteiger partial charge in [-0.3, -0.25) is 9.59 Å². The van der Waals surface area contributed by atoms with Crippen LogP contribution in [-0.2, 0) is 35.3 Å². The van der Waals surface area contributed by atoms with Crippen molar-refractivity contribution in [2.45, 2.75) is 141 Å². The highest BCUT2D eigenvalue weighted by molar-refractivity contribution is 6.06. The first-order valence-electron chi connectivity index (χ1n) is 29.9. The van der Waals surface area contributed by atoms with Crippen molar-refractivity contribution in [3.8, 4) is 29.1 Å². The number of carbonyl (C=O) groups is 2. The van der Waals surface area contributed by atoms with Gasteiger partial charge in [-0.2, -0.15) is 0 Å². The van der Waals surface area contributed by atoms with Crippen LogP contribution in [0.15, 0.2) is 103 Å². The van der Waals surface area contributed by atoms with Gasteiger partial charge >= 0.3 is 0 Å². The molecular formula is C68H86N4O9. The molecule has 0 amide bonds. The second-order valence-electron chi connectivity index (χ2n) is 24.1. The number of hydrogen-bond acceptors (Lipinski definition) is 12. The van der Waals surface area contributed by atoms with E-state index in [-0.39, 0.29) is 72.7 Å². The fourth-order valence-corrected chi connectivity index (χ4v) is 13.6. The Morgan fingerprint density at radius 3 is 2.46 bits per heavy atom. The van der Waals surface area contributed by atoms with Crippen LogP contribution >= 0.6 is 0 Å². The summed E-state index contributed by atoms with van der Waals surface area (Å²) in [5, 5.41) is 81.8. The molecule has 1 aromatic heterocycles. The van der Waals surface area contributed by atoms with E-state index in [1.807, 2.05) is 48.7 Å². The van der Waals surface area contributed by atoms with Crippen LogP contribution < -0.4 is 20.7 Å². The smallest absolute Gasteiger partial charge is 0.173 e. The number of aromatic nitrogens is 1. The monoisotopic (exact) mass is 1100 g/mol. The van der Waals surface area contributed by atoms with Gasteiger partial charge in [0.1, 0.15) is 11.6 Å². The molecule has 9 bridgehead atoms. The van der Waals surface area contributed by atoms with Crippen LogP contribution in [0.1, 0.15) is 136 Å². The van der Waals surface area contributed by atoms with Crippen molar-refractivity contribution < 1.29 is 45.0 Å². The molecule has 5 aromatic rings. The Labute approximate surface area is 478 Å². The predicted molar refractivity (Wildman–Crippen MR) is 319 cm³/mol. The van der Waals surface area contributed by atoms with Gasteiger partial charge in [0.15, 0.2) is 29.2 Å². The Morgan fingerprint density at radius 1 is 0.852 bits per heavy atom. The Morgan fingerprint density at radius 2 is 1.67 bits per heavy atom. The van der Waals surface area contributed by atoms with Crippen LogP contribution in [0.4, 0.5) is 5.69 Å². The van der Waals surface area contributed by atoms with Crippen LogP contribution in [0.25, 0.3) is 10.8 Å². The number of allylic oxidation sites excluding steroid dienone is 2. The van der Waals surface area contributed by atoms with Crippen LogP contribution in [0.3, 0.4) is 0 Å². The molecule has 10 N–H and O–H groups in total. The molecule has 4 aromatic carbocycles. The minimum Gasteiger partial charge on any atom is -0.507 e. The molecule has 432 valence electrons. The van der Waals surface area contributed by atoms with E-state index < -0.39 is 47.6 Å². The van der Waals surface area contributed by atoms with E-state index in [0.29, 0.717) is 81.4 Å². The number of hydrogen-bond donors (Lipinski definition) is 10. The number of aryl methyl sites for hydroxylation is 2. The lowest BCUT2D eigenvalue weighted by molar-refractivity contribution is -0.142. The molecule has 3 heterocycles. The maximum atomic E-state index is 15.4. The lowest BCUT2D eigenvalue weighted by Crippen LogP contribution is -2.40. The fourth-order valence-electron chi connectivity index (χ4n) is 13.6. The Kier molecular flexibility index (Phi) is 19.8. The number of ether oxygens (including phenoxy) is 1. The van der Waals surface area contributed by atoms with Gasteiger partial charge in [-0.15, -0.1) is 0 Å². The molecule has 4 aliphatic rings. The van der Waals surface area contributed by atoms with E-state index in [9.17, 15) is 35.4 Å². The second kappa shape index (κ2) is 27.1. The number of carbonyl (C=O) groups excluding carboxylic acids is 2. The first kappa shape index (κ1) is 59.2. The van der Waals surface area contributed by atoms with Crippen molar-refractivity contribution in [3.05, 3.63) is 142 Å². The highest BCUT2D eigenvalue weighted by Crippen LogP contribution is 2.48. The molecule has 9 rings (SSSR count). The number of phenols is 2. The Hall–Kier alpha value is -6.40. The number of rotatable bonds is 10. The number of aliphatic hydroxyl groups excluding tert-OH is 4. The van der Waals surface area contributed by atoms with Gasteiger partial charge in [-0.1, -0.05) is 94.5 Å². The minimum absolute atomic E-state index is 0.0236. The standard InChI is InChI=1S/C68H86N4O9/c1-6-10-56-49-28-48(27-44-19-22-57(55-12-8-7-11-42(55)15-14-40(2)3)58-36-63(77)64(81-5)32-45(58)20-23-61(75)68(80)67(79)59(44)31-49)54(13-9-26-73)46-24-25-70-65(33-46)72-51-21-18-43-16-17-47(66(78)60(43)34-51)30-53(74)39-69-37-41(4)50-29-52(71-38-50)35-62(56)76/h7-8,11-12,16-18,21,24,29,32-34,36,38,40-41,44,48-49,53-54,56-57,59,62,68-74,76-78,80H,6,9-10,13-15,20,23,25-28,30-31,35,37,39H2,1-5H3. The second-order valence-corrected chi connectivity index (χ2v) is 24.1. The highest BCUT2D eigenvalue weighted by atomic mass is 16.5. The normalized spacial score (nSPS) is 26.9. The Balaban J connectivity index is 1.21. The van der Waals surface area contributed by atoms with E-state index in [1.165, 1.54) is 7.11 Å². The third-order valence-electron chi connectivity index (χ3n) is 18.0. The lowest BCUT2D eigenvalue weighted by Gasteiger charge is -2.36. The summed E-state index contributed by atoms with van der Waals surface area (Å²) in [6.07, 6.45) is 9.29. The number of benzene rings is 4. The number of H-pyrrole nitrogens is 1. The SMILES string of the molecule is CCCC1C(O)Cc2cc(c[nH]2)C(C)CNCC(O)Cc2ccc3ccc(cc3c2O)NC2=CC(=CCN2)C(CCCO)C2CC3C#CC(c4ccccc4CCC(C)C)c4cc(O)c(OC)cc4CCC(=O)C(O)C(=O)C3CC1C2. The quantitative estimate of drug-likeness (QED) is 0.0467. The number of methoxy groups -OCH3 is 1. The predicted octanol–water partition coefficient (Wildman–Crippen LogP) is 9.91. The van der Waals surface area contributed by atoms with Gasteiger partial charge in [-0.05, 0) is 174 Å². The van der Waals surface area contributed by atoms with E-state index in [0.717, 1.165) is 75.2 Å². The van der Waals surface area contributed by atoms with E-state index in [1.54, 1.807) is 12.1 Å². The zero-order valence-corrected chi connectivity index (χ0v) is 48.0. The van der Waals surface area contributed by atoms with Crippen LogP contribution in [0.5, 0.6) is 17.2 Å². The number of aliphatic hydroxyl groups is 4. The maximum Gasteiger partial charge on any atom is 0.173 e. The number of anilines is 1. The first-order chi connectivity index (χ1) is 39.1. The topological polar surface area (TPSA) is 217 Å². The molecule has 0 saturated heterocycles. The molecule has 81 heavy (non-hydrogen) atoms. The average Bonchev–Trinajstić information content (AvgIpc) is 4.10. The molecule has 2 aliphatic heterocycles. The number of β-amino-alcohol motifs (C(OH)–C–C–N with tert-alkyl or cyclic N) is 1. The summed E-state index contributed by atoms with van der Waals surface area (Å²) >= 11 is 0. The van der Waals surface area contributed by atoms with Crippen molar-refractivity contribution in [1.29, 1.82) is 0 Å². The molecule has 0 radical (unpaired) electrons. The summed E-state index contributed by atoms with van der Waals surface area (Å²) in [5.74, 6) is 5.23. The fraction of sp³-hybridized carbons (Fsp3) is 0.500. The van der Waals surface area contributed by atoms with Gasteiger partial charge in [0.25, 0.3) is 0 Å². The van der Waals surface area contributed by atoms with Crippen molar-refractivity contribution in [2.75, 3.05) is 38.7 Å². The molecule has 11 atom stereocenters. The van der Waals surface area contributed by atoms with Gasteiger partial charge in [-0.25, -0.2) is 0 Å². The number of nitrogens with one attached hydrogen (secondary N) is 4. The molecular weight excluding hydrogens is 1020 g/mol. The summed E-state index contributed by atoms with van der Waals surface area (Å²) in [4.78, 5) is 33.2. The molecule has 13 nitrogen and oxygen atoms in total. The summed E-state index contributed by atoms with van der Waals surface area (Å²) < 4.78 is 5.61. The van der Waals surface area contributed by atoms with Gasteiger partial charge in [0.2, 0.25) is 0 Å². The third-order valence-corrected chi connectivity index (χ3v) is 18.0. The van der Waals surface area contributed by atoms with Crippen molar-refractivity contribution in [1.82, 2.24) is 15.6 Å². The van der Waals surface area contributed by atoms with Gasteiger partial charge in [0, 0.05) is 80.3 Å². The van der Waals surface area contributed by atoms with Crippen molar-refractivity contribution >= 4 is 28.0 Å². The van der Waals surface area contributed by atoms with Crippen LogP contribution in [-0.4, -0.2) is 98.9 Å². The number of aromatic amines is 1. The highest BCUT2D eigenvalue weighted by Gasteiger charge is 2.45. The maximum absolute atomic E-state index is 15.4. The molecule has 0 spiro atoms. The summed E-state index contributed by atoms with van der Waals surface area (Å²) in [6, 6.07) is 23.6. The summed E-state index contributed by atoms with van der Waals surface area (Å²) in [7, 11) is 1.49. The summed E-state index contributed by atoms with van der Waals surface area (Å²) in [6.45, 7) is 10.1. The number of aromatic hydroxyl groups is 2. The number of dihydropyridines is 1. The van der Waals surface area contributed by atoms with Gasteiger partial charge in [0.05, 0.1) is 25.2 Å². The Bertz CT molecular complexity index is 3130. The van der Waals surface area contributed by atoms with Crippen molar-refractivity contribution in [2.24, 2.45) is 41.4 Å². The van der Waals surface area contributed by atoms with Crippen LogP contribution in [0.2, 0.25) is 0 Å². The number of ketones is 2. The largest absolute Gasteiger partial charge is 0.507 e. The molecule has 1 saturated carbocycles. The molecule has 2 aliphatic carbocycles. The van der Waals surface area contributed by atoms with E-state index >= 15 is 4.79 Å². The zero-order valence-electron chi connectivity index (χ0n) is 48.0. The molecule has 13 heteroatoms. The molecule has 1 fully saturated rings. The van der Waals surface area contributed by atoms with E-state index in [2.05, 4.69) is 90.8 Å². The lowest BCUT2D eigenvalue weighted by atomic mass is 9.71. The average molecular weight is 1100 g/mol.